The number of nitrogens with zero attached hydrogens (tertiary/aromatic N) is 2. The number of sulfonamides is 1. The lowest BCUT2D eigenvalue weighted by Gasteiger charge is -2.18. The van der Waals surface area contributed by atoms with E-state index in [2.05, 4.69) is 20.2 Å². The normalized spacial score (nSPS) is 12.4. The Kier molecular flexibility index (Phi) is 6.51. The Morgan fingerprint density at radius 2 is 1.80 bits per heavy atom. The van der Waals surface area contributed by atoms with Crippen LogP contribution in [0.15, 0.2) is 52.9 Å². The number of hydrogen-bond acceptors (Lipinski definition) is 6. The Morgan fingerprint density at radius 1 is 1.10 bits per heavy atom. The molecule has 1 atom stereocenters. The van der Waals surface area contributed by atoms with Crippen LogP contribution in [0.25, 0.3) is 11.5 Å². The number of carbonyl (C=O) groups excluding carboxylic acids is 1. The molecule has 30 heavy (non-hydrogen) atoms. The fourth-order valence-electron chi connectivity index (χ4n) is 2.95. The number of aromatic nitrogens is 2. The predicted octanol–water partition coefficient (Wildman–Crippen LogP) is 3.23. The van der Waals surface area contributed by atoms with Gasteiger partial charge < -0.3 is 9.73 Å². The van der Waals surface area contributed by atoms with Crippen molar-refractivity contribution >= 4 is 21.6 Å². The average molecular weight is 429 g/mol. The summed E-state index contributed by atoms with van der Waals surface area (Å²) < 4.78 is 31.2. The molecule has 158 valence electrons. The molecule has 9 heteroatoms. The Labute approximate surface area is 175 Å². The molecule has 0 saturated heterocycles. The minimum atomic E-state index is -3.42. The summed E-state index contributed by atoms with van der Waals surface area (Å²) >= 11 is 0. The Morgan fingerprint density at radius 3 is 2.50 bits per heavy atom. The Balaban J connectivity index is 1.58. The summed E-state index contributed by atoms with van der Waals surface area (Å²) in [5, 5.41) is 10.9. The number of aryl methyl sites for hydroxylation is 2. The SMILES string of the molecule is Cc1ccc(-c2nnc(CCC(=O)NC(C)c3ccccc3NS(C)(=O)=O)o2)cc1. The summed E-state index contributed by atoms with van der Waals surface area (Å²) in [6, 6.07) is 14.3. The van der Waals surface area contributed by atoms with Gasteiger partial charge in [0.25, 0.3) is 0 Å². The van der Waals surface area contributed by atoms with Gasteiger partial charge in [-0.1, -0.05) is 35.9 Å². The molecule has 1 aromatic heterocycles. The Bertz CT molecular complexity index is 1120. The molecule has 0 radical (unpaired) electrons. The first-order valence-electron chi connectivity index (χ1n) is 9.47. The molecule has 0 saturated carbocycles. The van der Waals surface area contributed by atoms with Crippen LogP contribution in [0.1, 0.15) is 36.4 Å². The summed E-state index contributed by atoms with van der Waals surface area (Å²) in [6.45, 7) is 3.79. The van der Waals surface area contributed by atoms with E-state index in [1.54, 1.807) is 31.2 Å². The van der Waals surface area contributed by atoms with Crippen molar-refractivity contribution in [2.75, 3.05) is 11.0 Å². The largest absolute Gasteiger partial charge is 0.421 e. The lowest BCUT2D eigenvalue weighted by Crippen LogP contribution is -2.27. The number of amides is 1. The first-order chi connectivity index (χ1) is 14.2. The third-order valence-corrected chi connectivity index (χ3v) is 5.02. The number of nitrogens with one attached hydrogen (secondary N) is 2. The zero-order valence-corrected chi connectivity index (χ0v) is 17.9. The number of anilines is 1. The minimum absolute atomic E-state index is 0.168. The number of benzene rings is 2. The van der Waals surface area contributed by atoms with E-state index < -0.39 is 10.0 Å². The van der Waals surface area contributed by atoms with Crippen LogP contribution in [0.4, 0.5) is 5.69 Å². The lowest BCUT2D eigenvalue weighted by atomic mass is 10.1. The molecular formula is C21H24N4O4S. The van der Waals surface area contributed by atoms with Crippen LogP contribution in [0.2, 0.25) is 0 Å². The van der Waals surface area contributed by atoms with Gasteiger partial charge in [-0.25, -0.2) is 8.42 Å². The summed E-state index contributed by atoms with van der Waals surface area (Å²) in [4.78, 5) is 12.4. The van der Waals surface area contributed by atoms with Crippen molar-refractivity contribution in [3.63, 3.8) is 0 Å². The van der Waals surface area contributed by atoms with Crippen molar-refractivity contribution in [3.05, 3.63) is 65.5 Å². The van der Waals surface area contributed by atoms with Gasteiger partial charge in [0.2, 0.25) is 27.7 Å². The van der Waals surface area contributed by atoms with E-state index in [0.29, 0.717) is 29.5 Å². The molecular weight excluding hydrogens is 404 g/mol. The van der Waals surface area contributed by atoms with Gasteiger partial charge in [-0.2, -0.15) is 0 Å². The van der Waals surface area contributed by atoms with E-state index in [4.69, 9.17) is 4.42 Å². The van der Waals surface area contributed by atoms with Gasteiger partial charge in [0.15, 0.2) is 0 Å². The van der Waals surface area contributed by atoms with Gasteiger partial charge in [0.1, 0.15) is 0 Å². The second-order valence-corrected chi connectivity index (χ2v) is 8.87. The number of rotatable bonds is 8. The van der Waals surface area contributed by atoms with Gasteiger partial charge >= 0.3 is 0 Å². The predicted molar refractivity (Wildman–Crippen MR) is 114 cm³/mol. The number of para-hydroxylation sites is 1. The smallest absolute Gasteiger partial charge is 0.247 e. The van der Waals surface area contributed by atoms with Crippen LogP contribution < -0.4 is 10.0 Å². The molecule has 0 fully saturated rings. The van der Waals surface area contributed by atoms with Gasteiger partial charge in [-0.15, -0.1) is 10.2 Å². The van der Waals surface area contributed by atoms with Gasteiger partial charge in [-0.05, 0) is 37.6 Å². The topological polar surface area (TPSA) is 114 Å². The highest BCUT2D eigenvalue weighted by Crippen LogP contribution is 2.23. The monoisotopic (exact) mass is 428 g/mol. The highest BCUT2D eigenvalue weighted by molar-refractivity contribution is 7.92. The molecule has 0 aliphatic rings. The highest BCUT2D eigenvalue weighted by atomic mass is 32.2. The summed E-state index contributed by atoms with van der Waals surface area (Å²) in [7, 11) is -3.42. The van der Waals surface area contributed by atoms with Crippen LogP contribution in [-0.4, -0.2) is 30.8 Å². The maximum Gasteiger partial charge on any atom is 0.247 e. The van der Waals surface area contributed by atoms with Crippen LogP contribution in [0, 0.1) is 6.92 Å². The molecule has 8 nitrogen and oxygen atoms in total. The molecule has 0 aliphatic carbocycles. The third-order valence-electron chi connectivity index (χ3n) is 4.43. The van der Waals surface area contributed by atoms with Crippen molar-refractivity contribution in [2.24, 2.45) is 0 Å². The first-order valence-corrected chi connectivity index (χ1v) is 11.4. The van der Waals surface area contributed by atoms with Gasteiger partial charge in [0, 0.05) is 18.4 Å². The standard InChI is InChI=1S/C21H24N4O4S/c1-14-8-10-16(11-9-14)21-24-23-20(29-21)13-12-19(26)22-15(2)17-6-4-5-7-18(17)25-30(3,27)28/h4-11,15,25H,12-13H2,1-3H3,(H,22,26). The summed E-state index contributed by atoms with van der Waals surface area (Å²) in [5.74, 6) is 0.596. The molecule has 3 rings (SSSR count). The van der Waals surface area contributed by atoms with Crippen LogP contribution >= 0.6 is 0 Å². The van der Waals surface area contributed by atoms with Crippen molar-refractivity contribution in [2.45, 2.75) is 32.7 Å². The number of carbonyl (C=O) groups is 1. The van der Waals surface area contributed by atoms with E-state index in [1.165, 1.54) is 0 Å². The van der Waals surface area contributed by atoms with Gasteiger partial charge in [-0.3, -0.25) is 9.52 Å². The molecule has 1 amide bonds. The van der Waals surface area contributed by atoms with E-state index in [9.17, 15) is 13.2 Å². The third kappa shape index (κ3) is 5.90. The van der Waals surface area contributed by atoms with E-state index >= 15 is 0 Å². The molecule has 0 aliphatic heterocycles. The van der Waals surface area contributed by atoms with Crippen LogP contribution in [-0.2, 0) is 21.2 Å². The highest BCUT2D eigenvalue weighted by Gasteiger charge is 2.16. The molecule has 2 aromatic carbocycles. The fourth-order valence-corrected chi connectivity index (χ4v) is 3.53. The van der Waals surface area contributed by atoms with Crippen LogP contribution in [0.5, 0.6) is 0 Å². The maximum absolute atomic E-state index is 12.4. The number of hydrogen-bond donors (Lipinski definition) is 2. The van der Waals surface area contributed by atoms with Crippen molar-refractivity contribution < 1.29 is 17.6 Å². The molecule has 2 N–H and O–H groups in total. The van der Waals surface area contributed by atoms with Crippen molar-refractivity contribution in [3.8, 4) is 11.5 Å². The zero-order chi connectivity index (χ0) is 21.7. The zero-order valence-electron chi connectivity index (χ0n) is 17.0. The quantitative estimate of drug-likeness (QED) is 0.569. The second kappa shape index (κ2) is 9.08. The van der Waals surface area contributed by atoms with Gasteiger partial charge in [0.05, 0.1) is 18.0 Å². The average Bonchev–Trinajstić information content (AvgIpc) is 3.15. The van der Waals surface area contributed by atoms with E-state index in [1.807, 2.05) is 31.2 Å². The first kappa shape index (κ1) is 21.5. The Hall–Kier alpha value is -3.20. The minimum Gasteiger partial charge on any atom is -0.421 e. The molecule has 3 aromatic rings. The van der Waals surface area contributed by atoms with Crippen molar-refractivity contribution in [1.29, 1.82) is 0 Å². The second-order valence-electron chi connectivity index (χ2n) is 7.12. The van der Waals surface area contributed by atoms with E-state index in [0.717, 1.165) is 17.4 Å². The van der Waals surface area contributed by atoms with Crippen molar-refractivity contribution in [1.82, 2.24) is 15.5 Å². The molecule has 1 unspecified atom stereocenters. The van der Waals surface area contributed by atoms with E-state index in [-0.39, 0.29) is 18.4 Å². The van der Waals surface area contributed by atoms with Crippen LogP contribution in [0.3, 0.4) is 0 Å². The molecule has 0 spiro atoms. The summed E-state index contributed by atoms with van der Waals surface area (Å²) in [6.07, 6.45) is 1.56. The molecule has 1 heterocycles. The molecule has 0 bridgehead atoms. The maximum atomic E-state index is 12.4. The fraction of sp³-hybridized carbons (Fsp3) is 0.286. The lowest BCUT2D eigenvalue weighted by molar-refractivity contribution is -0.121. The summed E-state index contributed by atoms with van der Waals surface area (Å²) in [5.41, 5.74) is 3.08.